The van der Waals surface area contributed by atoms with Crippen LogP contribution in [0.2, 0.25) is 0 Å². The highest BCUT2D eigenvalue weighted by molar-refractivity contribution is 5.91. The van der Waals surface area contributed by atoms with E-state index in [1.165, 1.54) is 37.6 Å². The van der Waals surface area contributed by atoms with Gasteiger partial charge in [-0.1, -0.05) is 12.1 Å². The molecule has 0 heterocycles. The van der Waals surface area contributed by atoms with Crippen molar-refractivity contribution >= 4 is 23.7 Å². The lowest BCUT2D eigenvalue weighted by Gasteiger charge is -2.09. The first kappa shape index (κ1) is 23.3. The lowest BCUT2D eigenvalue weighted by molar-refractivity contribution is -0.123. The van der Waals surface area contributed by atoms with Gasteiger partial charge in [0, 0.05) is 5.69 Å². The lowest BCUT2D eigenvalue weighted by atomic mass is 10.2. The van der Waals surface area contributed by atoms with Gasteiger partial charge < -0.3 is 19.5 Å². The number of carbonyl (C=O) groups excluding carboxylic acids is 2. The molecule has 0 radical (unpaired) electrons. The van der Waals surface area contributed by atoms with E-state index in [0.29, 0.717) is 28.5 Å². The molecule has 0 spiro atoms. The molecule has 0 aromatic heterocycles. The van der Waals surface area contributed by atoms with Crippen LogP contribution in [0, 0.1) is 5.82 Å². The lowest BCUT2D eigenvalue weighted by Crippen LogP contribution is -2.24. The Bertz CT molecular complexity index is 1100. The molecule has 2 amide bonds. The first-order valence-electron chi connectivity index (χ1n) is 9.89. The van der Waals surface area contributed by atoms with Crippen LogP contribution in [-0.4, -0.2) is 38.4 Å². The molecule has 0 saturated carbocycles. The number of carbonyl (C=O) groups is 2. The standard InChI is InChI=1S/C24H22FN3O5/c1-31-21-4-2-3-5-22(21)33-16-24(30)28-26-14-17-6-12-20(13-7-17)32-15-23(29)27-19-10-8-18(25)9-11-19/h2-14H,15-16H2,1H3,(H,27,29)(H,28,30)/b26-14-. The second-order valence-electron chi connectivity index (χ2n) is 6.65. The molecule has 3 aromatic carbocycles. The van der Waals surface area contributed by atoms with Crippen molar-refractivity contribution in [2.24, 2.45) is 5.10 Å². The summed E-state index contributed by atoms with van der Waals surface area (Å²) in [7, 11) is 1.52. The van der Waals surface area contributed by atoms with Gasteiger partial charge in [-0.25, -0.2) is 9.82 Å². The Kier molecular flexibility index (Phi) is 8.35. The third kappa shape index (κ3) is 7.66. The maximum Gasteiger partial charge on any atom is 0.277 e. The molecule has 0 aliphatic rings. The van der Waals surface area contributed by atoms with Gasteiger partial charge in [-0.15, -0.1) is 0 Å². The topological polar surface area (TPSA) is 98.2 Å². The van der Waals surface area contributed by atoms with E-state index in [1.54, 1.807) is 48.5 Å². The van der Waals surface area contributed by atoms with Crippen molar-refractivity contribution in [1.82, 2.24) is 5.43 Å². The van der Waals surface area contributed by atoms with Crippen molar-refractivity contribution in [3.8, 4) is 17.2 Å². The van der Waals surface area contributed by atoms with E-state index in [9.17, 15) is 14.0 Å². The number of para-hydroxylation sites is 2. The van der Waals surface area contributed by atoms with E-state index >= 15 is 0 Å². The molecule has 0 atom stereocenters. The van der Waals surface area contributed by atoms with Gasteiger partial charge in [-0.05, 0) is 66.2 Å². The van der Waals surface area contributed by atoms with Gasteiger partial charge in [0.05, 0.1) is 13.3 Å². The average Bonchev–Trinajstić information content (AvgIpc) is 2.84. The van der Waals surface area contributed by atoms with Crippen LogP contribution in [0.3, 0.4) is 0 Å². The van der Waals surface area contributed by atoms with Crippen molar-refractivity contribution in [1.29, 1.82) is 0 Å². The number of hydrazone groups is 1. The Morgan fingerprint density at radius 1 is 0.879 bits per heavy atom. The van der Waals surface area contributed by atoms with Crippen LogP contribution in [-0.2, 0) is 9.59 Å². The van der Waals surface area contributed by atoms with Crippen LogP contribution in [0.15, 0.2) is 77.9 Å². The number of hydrogen-bond acceptors (Lipinski definition) is 6. The van der Waals surface area contributed by atoms with Gasteiger partial charge in [0.15, 0.2) is 24.7 Å². The molecule has 33 heavy (non-hydrogen) atoms. The fraction of sp³-hybridized carbons (Fsp3) is 0.125. The minimum Gasteiger partial charge on any atom is -0.493 e. The largest absolute Gasteiger partial charge is 0.493 e. The number of ether oxygens (including phenoxy) is 3. The van der Waals surface area contributed by atoms with Gasteiger partial charge in [-0.3, -0.25) is 9.59 Å². The SMILES string of the molecule is COc1ccccc1OCC(=O)N/N=C\c1ccc(OCC(=O)Nc2ccc(F)cc2)cc1. The van der Waals surface area contributed by atoms with Gasteiger partial charge in [0.1, 0.15) is 11.6 Å². The Labute approximate surface area is 190 Å². The smallest absolute Gasteiger partial charge is 0.277 e. The molecule has 0 aliphatic heterocycles. The number of halogens is 1. The summed E-state index contributed by atoms with van der Waals surface area (Å²) in [5.74, 6) is 0.295. The summed E-state index contributed by atoms with van der Waals surface area (Å²) in [4.78, 5) is 23.8. The fourth-order valence-corrected chi connectivity index (χ4v) is 2.62. The molecule has 9 heteroatoms. The fourth-order valence-electron chi connectivity index (χ4n) is 2.62. The molecule has 0 saturated heterocycles. The molecule has 3 rings (SSSR count). The van der Waals surface area contributed by atoms with Crippen molar-refractivity contribution in [3.05, 3.63) is 84.2 Å². The minimum atomic E-state index is -0.427. The van der Waals surface area contributed by atoms with Crippen LogP contribution in [0.4, 0.5) is 10.1 Å². The van der Waals surface area contributed by atoms with Crippen LogP contribution in [0.25, 0.3) is 0 Å². The van der Waals surface area contributed by atoms with E-state index in [1.807, 2.05) is 0 Å². The Hall–Kier alpha value is -4.40. The highest BCUT2D eigenvalue weighted by Gasteiger charge is 2.06. The van der Waals surface area contributed by atoms with E-state index in [0.717, 1.165) is 0 Å². The maximum atomic E-state index is 12.9. The number of anilines is 1. The Morgan fingerprint density at radius 3 is 2.24 bits per heavy atom. The highest BCUT2D eigenvalue weighted by Crippen LogP contribution is 2.25. The molecule has 0 aliphatic carbocycles. The van der Waals surface area contributed by atoms with E-state index in [4.69, 9.17) is 14.2 Å². The van der Waals surface area contributed by atoms with Crippen LogP contribution < -0.4 is 25.0 Å². The molecule has 0 bridgehead atoms. The summed E-state index contributed by atoms with van der Waals surface area (Å²) in [5, 5.41) is 6.49. The molecular formula is C24H22FN3O5. The van der Waals surface area contributed by atoms with Crippen molar-refractivity contribution in [2.45, 2.75) is 0 Å². The molecule has 0 unspecified atom stereocenters. The number of amides is 2. The molecular weight excluding hydrogens is 429 g/mol. The van der Waals surface area contributed by atoms with Crippen molar-refractivity contribution in [2.75, 3.05) is 25.6 Å². The predicted octanol–water partition coefficient (Wildman–Crippen LogP) is 3.38. The van der Waals surface area contributed by atoms with Crippen LogP contribution in [0.5, 0.6) is 17.2 Å². The van der Waals surface area contributed by atoms with Crippen molar-refractivity contribution in [3.63, 3.8) is 0 Å². The Morgan fingerprint density at radius 2 is 1.55 bits per heavy atom. The maximum absolute atomic E-state index is 12.9. The van der Waals surface area contributed by atoms with Gasteiger partial charge in [0.2, 0.25) is 0 Å². The third-order valence-corrected chi connectivity index (χ3v) is 4.21. The summed E-state index contributed by atoms with van der Waals surface area (Å²) in [6, 6.07) is 19.2. The molecule has 170 valence electrons. The van der Waals surface area contributed by atoms with Gasteiger partial charge in [0.25, 0.3) is 11.8 Å². The van der Waals surface area contributed by atoms with Crippen LogP contribution >= 0.6 is 0 Å². The normalized spacial score (nSPS) is 10.5. The number of rotatable bonds is 10. The number of benzene rings is 3. The number of nitrogens with zero attached hydrogens (tertiary/aromatic N) is 1. The second kappa shape index (κ2) is 11.8. The molecule has 0 fully saturated rings. The van der Waals surface area contributed by atoms with Gasteiger partial charge >= 0.3 is 0 Å². The summed E-state index contributed by atoms with van der Waals surface area (Å²) in [6.45, 7) is -0.419. The zero-order chi connectivity index (χ0) is 23.5. The van der Waals surface area contributed by atoms with Crippen LogP contribution in [0.1, 0.15) is 5.56 Å². The van der Waals surface area contributed by atoms with Gasteiger partial charge in [-0.2, -0.15) is 5.10 Å². The summed E-state index contributed by atoms with van der Waals surface area (Å²) >= 11 is 0. The van der Waals surface area contributed by atoms with Crippen molar-refractivity contribution < 1.29 is 28.2 Å². The average molecular weight is 451 g/mol. The quantitative estimate of drug-likeness (QED) is 0.364. The summed E-state index contributed by atoms with van der Waals surface area (Å²) in [5.41, 5.74) is 3.57. The number of nitrogens with one attached hydrogen (secondary N) is 2. The number of hydrogen-bond donors (Lipinski definition) is 2. The first-order chi connectivity index (χ1) is 16.0. The zero-order valence-electron chi connectivity index (χ0n) is 17.8. The molecule has 3 aromatic rings. The monoisotopic (exact) mass is 451 g/mol. The second-order valence-corrected chi connectivity index (χ2v) is 6.65. The highest BCUT2D eigenvalue weighted by atomic mass is 19.1. The third-order valence-electron chi connectivity index (χ3n) is 4.21. The summed E-state index contributed by atoms with van der Waals surface area (Å²) < 4.78 is 28.9. The summed E-state index contributed by atoms with van der Waals surface area (Å²) in [6.07, 6.45) is 1.46. The van der Waals surface area contributed by atoms with E-state index in [2.05, 4.69) is 15.8 Å². The Balaban J connectivity index is 1.39. The molecule has 2 N–H and O–H groups in total. The first-order valence-corrected chi connectivity index (χ1v) is 9.89. The predicted molar refractivity (Wildman–Crippen MR) is 121 cm³/mol. The van der Waals surface area contributed by atoms with E-state index in [-0.39, 0.29) is 24.9 Å². The van der Waals surface area contributed by atoms with E-state index < -0.39 is 5.91 Å². The number of methoxy groups -OCH3 is 1. The molecule has 8 nitrogen and oxygen atoms in total. The zero-order valence-corrected chi connectivity index (χ0v) is 17.8. The minimum absolute atomic E-state index is 0.201.